The zero-order valence-corrected chi connectivity index (χ0v) is 14.9. The summed E-state index contributed by atoms with van der Waals surface area (Å²) < 4.78 is 5.67. The molecule has 3 nitrogen and oxygen atoms in total. The summed E-state index contributed by atoms with van der Waals surface area (Å²) in [6.45, 7) is 7.15. The Bertz CT molecular complexity index is 1040. The molecule has 0 radical (unpaired) electrons. The topological polar surface area (TPSA) is 37.9 Å². The van der Waals surface area contributed by atoms with Crippen molar-refractivity contribution in [3.63, 3.8) is 0 Å². The molecule has 4 aromatic rings. The predicted octanol–water partition coefficient (Wildman–Crippen LogP) is 4.42. The van der Waals surface area contributed by atoms with Gasteiger partial charge < -0.3 is 9.72 Å². The van der Waals surface area contributed by atoms with E-state index in [1.165, 1.54) is 21.3 Å². The number of H-pyrrole nitrogens is 1. The van der Waals surface area contributed by atoms with Gasteiger partial charge in [0.1, 0.15) is 11.4 Å². The van der Waals surface area contributed by atoms with Crippen LogP contribution in [0.25, 0.3) is 32.8 Å². The number of ether oxygens (including phenoxy) is 1. The number of pyridine rings is 1. The van der Waals surface area contributed by atoms with Gasteiger partial charge in [0.15, 0.2) is 0 Å². The summed E-state index contributed by atoms with van der Waals surface area (Å²) in [6, 6.07) is 14.6. The van der Waals surface area contributed by atoms with Crippen LogP contribution in [-0.4, -0.2) is 25.2 Å². The number of rotatable bonds is 2. The molecule has 0 atom stereocenters. The molecule has 0 aliphatic heterocycles. The molecule has 2 aromatic carbocycles. The lowest BCUT2D eigenvalue weighted by molar-refractivity contribution is 0.420. The monoisotopic (exact) mass is 320 g/mol. The molecule has 1 N–H and O–H groups in total. The number of fused-ring (bicyclic) bond motifs is 4. The normalized spacial score (nSPS) is 12.3. The molecule has 0 spiro atoms. The lowest BCUT2D eigenvalue weighted by atomic mass is 10.1. The van der Waals surface area contributed by atoms with Gasteiger partial charge in [-0.3, -0.25) is 0 Å². The minimum absolute atomic E-state index is 0.916. The van der Waals surface area contributed by atoms with E-state index in [0.717, 1.165) is 22.4 Å². The smallest absolute Gasteiger partial charge is 0.138 e. The van der Waals surface area contributed by atoms with E-state index in [0.29, 0.717) is 0 Å². The number of aromatic amines is 1. The summed E-state index contributed by atoms with van der Waals surface area (Å²) in [5.41, 5.74) is 3.12. The van der Waals surface area contributed by atoms with Crippen LogP contribution in [-0.2, 0) is 0 Å². The first kappa shape index (κ1) is 14.3. The SMILES string of the molecule is COc1cccc2nc3[nH]c4ccccc4c3c([Si](C)(C)C)c12. The fourth-order valence-corrected chi connectivity index (χ4v) is 5.50. The van der Waals surface area contributed by atoms with Gasteiger partial charge in [-0.1, -0.05) is 43.9 Å². The molecule has 4 rings (SSSR count). The van der Waals surface area contributed by atoms with Crippen molar-refractivity contribution in [1.82, 2.24) is 9.97 Å². The Balaban J connectivity index is 2.35. The standard InChI is InChI=1S/C19H20N2OSi/c1-22-15-11-7-10-14-17(15)18(23(2,3)4)16-12-8-5-6-9-13(12)20-19(16)21-14/h5-11H,1-4H3,(H,20,21). The quantitative estimate of drug-likeness (QED) is 0.555. The third-order valence-electron chi connectivity index (χ3n) is 4.39. The molecule has 2 aromatic heterocycles. The van der Waals surface area contributed by atoms with Gasteiger partial charge in [0.05, 0.1) is 20.7 Å². The van der Waals surface area contributed by atoms with Crippen molar-refractivity contribution in [3.05, 3.63) is 42.5 Å². The zero-order chi connectivity index (χ0) is 16.2. The van der Waals surface area contributed by atoms with E-state index in [-0.39, 0.29) is 0 Å². The van der Waals surface area contributed by atoms with Gasteiger partial charge >= 0.3 is 0 Å². The van der Waals surface area contributed by atoms with Crippen LogP contribution in [0.4, 0.5) is 0 Å². The summed E-state index contributed by atoms with van der Waals surface area (Å²) in [7, 11) is 0.107. The number of aromatic nitrogens is 2. The highest BCUT2D eigenvalue weighted by Crippen LogP contribution is 2.32. The van der Waals surface area contributed by atoms with Gasteiger partial charge in [-0.25, -0.2) is 4.98 Å². The van der Waals surface area contributed by atoms with Crippen LogP contribution in [0.2, 0.25) is 19.6 Å². The van der Waals surface area contributed by atoms with Crippen molar-refractivity contribution in [2.24, 2.45) is 0 Å². The molecule has 116 valence electrons. The molecule has 4 heteroatoms. The second kappa shape index (κ2) is 4.83. The summed E-state index contributed by atoms with van der Waals surface area (Å²) in [4.78, 5) is 8.37. The highest BCUT2D eigenvalue weighted by molar-refractivity contribution is 6.92. The van der Waals surface area contributed by atoms with Gasteiger partial charge in [0.25, 0.3) is 0 Å². The molecule has 2 heterocycles. The molecule has 0 saturated carbocycles. The Morgan fingerprint density at radius 1 is 0.957 bits per heavy atom. The van der Waals surface area contributed by atoms with Gasteiger partial charge in [-0.15, -0.1) is 0 Å². The third-order valence-corrected chi connectivity index (χ3v) is 6.39. The summed E-state index contributed by atoms with van der Waals surface area (Å²) in [6.07, 6.45) is 0. The number of para-hydroxylation sites is 1. The molecule has 0 saturated heterocycles. The van der Waals surface area contributed by atoms with E-state index in [4.69, 9.17) is 9.72 Å². The molecular formula is C19H20N2OSi. The van der Waals surface area contributed by atoms with E-state index < -0.39 is 8.07 Å². The molecule has 0 aliphatic carbocycles. The predicted molar refractivity (Wildman–Crippen MR) is 101 cm³/mol. The Labute approximate surface area is 136 Å². The molecule has 0 fully saturated rings. The number of nitrogens with zero attached hydrogens (tertiary/aromatic N) is 1. The van der Waals surface area contributed by atoms with Gasteiger partial charge in [-0.2, -0.15) is 0 Å². The zero-order valence-electron chi connectivity index (χ0n) is 13.9. The fraction of sp³-hybridized carbons (Fsp3) is 0.211. The lowest BCUT2D eigenvalue weighted by Crippen LogP contribution is -2.39. The fourth-order valence-electron chi connectivity index (χ4n) is 3.49. The highest BCUT2D eigenvalue weighted by Gasteiger charge is 2.27. The first-order chi connectivity index (χ1) is 11.0. The summed E-state index contributed by atoms with van der Waals surface area (Å²) >= 11 is 0. The van der Waals surface area contributed by atoms with Gasteiger partial charge in [-0.05, 0) is 23.4 Å². The van der Waals surface area contributed by atoms with Crippen molar-refractivity contribution in [1.29, 1.82) is 0 Å². The first-order valence-corrected chi connectivity index (χ1v) is 11.4. The van der Waals surface area contributed by atoms with Crippen LogP contribution >= 0.6 is 0 Å². The Hall–Kier alpha value is -2.33. The van der Waals surface area contributed by atoms with E-state index in [1.807, 2.05) is 12.1 Å². The molecule has 0 bridgehead atoms. The Morgan fingerprint density at radius 2 is 1.74 bits per heavy atom. The number of hydrogen-bond donors (Lipinski definition) is 1. The maximum Gasteiger partial charge on any atom is 0.138 e. The largest absolute Gasteiger partial charge is 0.496 e. The third kappa shape index (κ3) is 2.05. The van der Waals surface area contributed by atoms with Crippen molar-refractivity contribution in [3.8, 4) is 5.75 Å². The van der Waals surface area contributed by atoms with E-state index in [9.17, 15) is 0 Å². The van der Waals surface area contributed by atoms with Gasteiger partial charge in [0, 0.05) is 21.7 Å². The Morgan fingerprint density at radius 3 is 2.48 bits per heavy atom. The number of benzene rings is 2. The second-order valence-electron chi connectivity index (χ2n) is 6.99. The van der Waals surface area contributed by atoms with Crippen LogP contribution in [0.3, 0.4) is 0 Å². The lowest BCUT2D eigenvalue weighted by Gasteiger charge is -2.22. The van der Waals surface area contributed by atoms with Crippen molar-refractivity contribution >= 4 is 46.1 Å². The Kier molecular flexibility index (Phi) is 3.00. The number of hydrogen-bond acceptors (Lipinski definition) is 2. The minimum atomic E-state index is -1.63. The average molecular weight is 320 g/mol. The minimum Gasteiger partial charge on any atom is -0.496 e. The highest BCUT2D eigenvalue weighted by atomic mass is 28.3. The maximum absolute atomic E-state index is 5.67. The molecule has 0 unspecified atom stereocenters. The van der Waals surface area contributed by atoms with Crippen molar-refractivity contribution in [2.75, 3.05) is 7.11 Å². The number of methoxy groups -OCH3 is 1. The molecule has 0 amide bonds. The number of nitrogens with one attached hydrogen (secondary N) is 1. The first-order valence-electron chi connectivity index (χ1n) is 7.88. The van der Waals surface area contributed by atoms with Crippen LogP contribution < -0.4 is 9.92 Å². The van der Waals surface area contributed by atoms with E-state index in [1.54, 1.807) is 7.11 Å². The average Bonchev–Trinajstić information content (AvgIpc) is 2.88. The van der Waals surface area contributed by atoms with E-state index >= 15 is 0 Å². The van der Waals surface area contributed by atoms with Crippen LogP contribution in [0, 0.1) is 0 Å². The van der Waals surface area contributed by atoms with Crippen molar-refractivity contribution in [2.45, 2.75) is 19.6 Å². The van der Waals surface area contributed by atoms with Crippen LogP contribution in [0.5, 0.6) is 5.75 Å². The van der Waals surface area contributed by atoms with Gasteiger partial charge in [0.2, 0.25) is 0 Å². The second-order valence-corrected chi connectivity index (χ2v) is 12.0. The maximum atomic E-state index is 5.67. The molecule has 23 heavy (non-hydrogen) atoms. The molecule has 0 aliphatic rings. The van der Waals surface area contributed by atoms with Crippen LogP contribution in [0.1, 0.15) is 0 Å². The van der Waals surface area contributed by atoms with E-state index in [2.05, 4.69) is 55.0 Å². The molecular weight excluding hydrogens is 300 g/mol. The van der Waals surface area contributed by atoms with Crippen LogP contribution in [0.15, 0.2) is 42.5 Å². The summed E-state index contributed by atoms with van der Waals surface area (Å²) in [5, 5.41) is 5.11. The van der Waals surface area contributed by atoms with Crippen molar-refractivity contribution < 1.29 is 4.74 Å². The summed E-state index contributed by atoms with van der Waals surface area (Å²) in [5.74, 6) is 0.916.